The smallest absolute Gasteiger partial charge is 0.270 e. The minimum atomic E-state index is -0.131. The highest BCUT2D eigenvalue weighted by molar-refractivity contribution is 6.39. The number of carbonyl (C=O) groups excluding carboxylic acids is 2. The Bertz CT molecular complexity index is 881. The highest BCUT2D eigenvalue weighted by atomic mass is 16.2. The van der Waals surface area contributed by atoms with E-state index in [4.69, 9.17) is 0 Å². The number of nitrogens with zero attached hydrogens (tertiary/aromatic N) is 2. The van der Waals surface area contributed by atoms with E-state index in [1.807, 2.05) is 11.0 Å². The van der Waals surface area contributed by atoms with Crippen LogP contribution in [0.25, 0.3) is 10.9 Å². The number of fused-ring (bicyclic) bond motifs is 3. The van der Waals surface area contributed by atoms with Crippen LogP contribution < -0.4 is 5.43 Å². The molecule has 1 atom stereocenters. The maximum absolute atomic E-state index is 13.0. The fourth-order valence-corrected chi connectivity index (χ4v) is 3.99. The van der Waals surface area contributed by atoms with Crippen LogP contribution in [0.15, 0.2) is 29.4 Å². The number of amides is 2. The zero-order valence-corrected chi connectivity index (χ0v) is 14.5. The van der Waals surface area contributed by atoms with Crippen molar-refractivity contribution in [2.24, 2.45) is 11.0 Å². The first-order valence-electron chi connectivity index (χ1n) is 8.82. The molecular weight excluding hydrogens is 316 g/mol. The summed E-state index contributed by atoms with van der Waals surface area (Å²) in [5.41, 5.74) is 6.45. The molecule has 130 valence electrons. The van der Waals surface area contributed by atoms with E-state index < -0.39 is 0 Å². The van der Waals surface area contributed by atoms with E-state index in [0.717, 1.165) is 17.6 Å². The molecule has 2 aliphatic rings. The van der Waals surface area contributed by atoms with Crippen molar-refractivity contribution < 1.29 is 9.59 Å². The number of rotatable bonds is 2. The summed E-state index contributed by atoms with van der Waals surface area (Å²) in [4.78, 5) is 29.8. The van der Waals surface area contributed by atoms with Crippen LogP contribution in [0.3, 0.4) is 0 Å². The molecule has 0 aliphatic carbocycles. The van der Waals surface area contributed by atoms with Gasteiger partial charge in [0, 0.05) is 36.0 Å². The minimum absolute atomic E-state index is 0.0102. The number of hydrazone groups is 1. The van der Waals surface area contributed by atoms with Crippen LogP contribution in [0.1, 0.15) is 44.0 Å². The molecule has 6 heteroatoms. The molecule has 3 heterocycles. The van der Waals surface area contributed by atoms with E-state index in [-0.39, 0.29) is 23.8 Å². The summed E-state index contributed by atoms with van der Waals surface area (Å²) in [5, 5.41) is 5.24. The van der Waals surface area contributed by atoms with Gasteiger partial charge in [0.2, 0.25) is 5.91 Å². The molecule has 1 aromatic heterocycles. The third kappa shape index (κ3) is 2.62. The predicted molar refractivity (Wildman–Crippen MR) is 96.1 cm³/mol. The van der Waals surface area contributed by atoms with Crippen LogP contribution in [-0.4, -0.2) is 34.0 Å². The first kappa shape index (κ1) is 15.9. The molecule has 0 radical (unpaired) electrons. The number of aromatic nitrogens is 1. The first-order valence-corrected chi connectivity index (χ1v) is 8.82. The molecule has 2 aromatic rings. The SMILES string of the molecule is CC(C)[C@@H]1c2[nH]c3ccccc3c2CCN1C(=O)C1=NNC(=O)CC1. The van der Waals surface area contributed by atoms with Gasteiger partial charge in [-0.25, -0.2) is 5.43 Å². The largest absolute Gasteiger partial charge is 0.356 e. The van der Waals surface area contributed by atoms with Crippen LogP contribution in [0.5, 0.6) is 0 Å². The molecule has 4 rings (SSSR count). The van der Waals surface area contributed by atoms with Crippen molar-refractivity contribution in [3.63, 3.8) is 0 Å². The van der Waals surface area contributed by atoms with E-state index in [9.17, 15) is 9.59 Å². The molecule has 0 saturated heterocycles. The second-order valence-corrected chi connectivity index (χ2v) is 7.09. The molecule has 2 aliphatic heterocycles. The lowest BCUT2D eigenvalue weighted by Crippen LogP contribution is -2.46. The summed E-state index contributed by atoms with van der Waals surface area (Å²) in [6, 6.07) is 8.29. The summed E-state index contributed by atoms with van der Waals surface area (Å²) in [5.74, 6) is 0.0753. The highest BCUT2D eigenvalue weighted by Gasteiger charge is 2.37. The van der Waals surface area contributed by atoms with Crippen molar-refractivity contribution in [2.75, 3.05) is 6.54 Å². The fourth-order valence-electron chi connectivity index (χ4n) is 3.99. The maximum atomic E-state index is 13.0. The lowest BCUT2D eigenvalue weighted by Gasteiger charge is -2.38. The quantitative estimate of drug-likeness (QED) is 0.882. The molecule has 0 bridgehead atoms. The van der Waals surface area contributed by atoms with Gasteiger partial charge in [0.15, 0.2) is 0 Å². The van der Waals surface area contributed by atoms with Crippen LogP contribution in [0.2, 0.25) is 0 Å². The zero-order valence-electron chi connectivity index (χ0n) is 14.5. The van der Waals surface area contributed by atoms with Crippen LogP contribution >= 0.6 is 0 Å². The Kier molecular flexibility index (Phi) is 3.82. The Labute approximate surface area is 146 Å². The average molecular weight is 338 g/mol. The number of nitrogens with one attached hydrogen (secondary N) is 2. The van der Waals surface area contributed by atoms with Gasteiger partial charge < -0.3 is 9.88 Å². The van der Waals surface area contributed by atoms with Gasteiger partial charge in [0.25, 0.3) is 5.91 Å². The number of hydrogen-bond acceptors (Lipinski definition) is 3. The van der Waals surface area contributed by atoms with Gasteiger partial charge in [-0.15, -0.1) is 0 Å². The topological polar surface area (TPSA) is 77.6 Å². The third-order valence-electron chi connectivity index (χ3n) is 5.12. The number of H-pyrrole nitrogens is 1. The normalized spacial score (nSPS) is 20.4. The number of carbonyl (C=O) groups is 2. The second kappa shape index (κ2) is 6.02. The number of benzene rings is 1. The van der Waals surface area contributed by atoms with Crippen molar-refractivity contribution in [3.8, 4) is 0 Å². The third-order valence-corrected chi connectivity index (χ3v) is 5.12. The van der Waals surface area contributed by atoms with Gasteiger partial charge in [-0.2, -0.15) is 5.10 Å². The summed E-state index contributed by atoms with van der Waals surface area (Å²) in [6.07, 6.45) is 1.56. The van der Waals surface area contributed by atoms with Crippen molar-refractivity contribution in [1.82, 2.24) is 15.3 Å². The summed E-state index contributed by atoms with van der Waals surface area (Å²) < 4.78 is 0. The summed E-state index contributed by atoms with van der Waals surface area (Å²) in [6.45, 7) is 4.94. The van der Waals surface area contributed by atoms with Gasteiger partial charge in [0.1, 0.15) is 5.71 Å². The number of aromatic amines is 1. The monoisotopic (exact) mass is 338 g/mol. The standard InChI is InChI=1S/C19H22N4O2/c1-11(2)18-17-13(12-5-3-4-6-14(12)20-17)9-10-23(18)19(25)15-7-8-16(24)22-21-15/h3-6,11,18,20H,7-10H2,1-2H3,(H,22,24)/t18-/m1/s1. The van der Waals surface area contributed by atoms with E-state index in [1.54, 1.807) is 0 Å². The molecule has 6 nitrogen and oxygen atoms in total. The lowest BCUT2D eigenvalue weighted by molar-refractivity contribution is -0.128. The molecule has 2 amide bonds. The molecule has 0 saturated carbocycles. The van der Waals surface area contributed by atoms with E-state index >= 15 is 0 Å². The number of hydrogen-bond donors (Lipinski definition) is 2. The summed E-state index contributed by atoms with van der Waals surface area (Å²) in [7, 11) is 0. The molecule has 0 unspecified atom stereocenters. The Morgan fingerprint density at radius 1 is 1.24 bits per heavy atom. The van der Waals surface area contributed by atoms with Crippen molar-refractivity contribution in [1.29, 1.82) is 0 Å². The summed E-state index contributed by atoms with van der Waals surface area (Å²) >= 11 is 0. The van der Waals surface area contributed by atoms with Gasteiger partial charge in [-0.1, -0.05) is 32.0 Å². The minimum Gasteiger partial charge on any atom is -0.356 e. The Morgan fingerprint density at radius 3 is 2.76 bits per heavy atom. The van der Waals surface area contributed by atoms with E-state index in [2.05, 4.69) is 47.6 Å². The van der Waals surface area contributed by atoms with Crippen LogP contribution in [0.4, 0.5) is 0 Å². The fraction of sp³-hybridized carbons (Fsp3) is 0.421. The molecule has 1 aromatic carbocycles. The van der Waals surface area contributed by atoms with Crippen LogP contribution in [0, 0.1) is 5.92 Å². The Morgan fingerprint density at radius 2 is 2.04 bits per heavy atom. The van der Waals surface area contributed by atoms with Gasteiger partial charge >= 0.3 is 0 Å². The van der Waals surface area contributed by atoms with Gasteiger partial charge in [-0.3, -0.25) is 9.59 Å². The lowest BCUT2D eigenvalue weighted by atomic mass is 9.89. The number of para-hydroxylation sites is 1. The predicted octanol–water partition coefficient (Wildman–Crippen LogP) is 2.52. The van der Waals surface area contributed by atoms with Crippen LogP contribution in [-0.2, 0) is 16.0 Å². The van der Waals surface area contributed by atoms with Gasteiger partial charge in [0.05, 0.1) is 6.04 Å². The Balaban J connectivity index is 1.72. The highest BCUT2D eigenvalue weighted by Crippen LogP contribution is 2.38. The van der Waals surface area contributed by atoms with E-state index in [0.29, 0.717) is 25.1 Å². The zero-order chi connectivity index (χ0) is 17.6. The molecule has 0 fully saturated rings. The molecule has 0 spiro atoms. The molecular formula is C19H22N4O2. The van der Waals surface area contributed by atoms with Crippen molar-refractivity contribution >= 4 is 28.4 Å². The maximum Gasteiger partial charge on any atom is 0.270 e. The Hall–Kier alpha value is -2.63. The molecule has 2 N–H and O–H groups in total. The van der Waals surface area contributed by atoms with Crippen molar-refractivity contribution in [3.05, 3.63) is 35.5 Å². The second-order valence-electron chi connectivity index (χ2n) is 7.09. The van der Waals surface area contributed by atoms with Gasteiger partial charge in [-0.05, 0) is 24.0 Å². The van der Waals surface area contributed by atoms with E-state index in [1.165, 1.54) is 10.9 Å². The average Bonchev–Trinajstić information content (AvgIpc) is 2.99. The molecule has 25 heavy (non-hydrogen) atoms. The first-order chi connectivity index (χ1) is 12.1. The van der Waals surface area contributed by atoms with Crippen molar-refractivity contribution in [2.45, 2.75) is 39.2 Å².